The van der Waals surface area contributed by atoms with E-state index in [2.05, 4.69) is 26.9 Å². The van der Waals surface area contributed by atoms with Crippen molar-refractivity contribution in [2.75, 3.05) is 10.6 Å². The molecule has 0 saturated carbocycles. The highest BCUT2D eigenvalue weighted by Crippen LogP contribution is 2.19. The van der Waals surface area contributed by atoms with Crippen molar-refractivity contribution in [3.8, 4) is 6.07 Å². The van der Waals surface area contributed by atoms with Gasteiger partial charge in [-0.1, -0.05) is 24.3 Å². The molecule has 0 aliphatic rings. The van der Waals surface area contributed by atoms with Gasteiger partial charge in [-0.2, -0.15) is 5.26 Å². The van der Waals surface area contributed by atoms with E-state index >= 15 is 0 Å². The van der Waals surface area contributed by atoms with E-state index in [9.17, 15) is 4.79 Å². The second-order valence-electron chi connectivity index (χ2n) is 5.86. The molecule has 0 aliphatic heterocycles. The van der Waals surface area contributed by atoms with Crippen molar-refractivity contribution in [1.82, 2.24) is 10.2 Å². The SMILES string of the molecule is Cc1ccc(C)c(NC(=O)c2ccc(Nc3ccccc3C#N)nn2)c1. The monoisotopic (exact) mass is 343 g/mol. The molecule has 0 aliphatic carbocycles. The van der Waals surface area contributed by atoms with Crippen LogP contribution in [-0.4, -0.2) is 16.1 Å². The average molecular weight is 343 g/mol. The van der Waals surface area contributed by atoms with Crippen LogP contribution in [-0.2, 0) is 0 Å². The molecular formula is C20H17N5O. The summed E-state index contributed by atoms with van der Waals surface area (Å²) in [5, 5.41) is 23.0. The predicted molar refractivity (Wildman–Crippen MR) is 100 cm³/mol. The standard InChI is InChI=1S/C20H17N5O/c1-13-7-8-14(2)18(11-13)23-20(26)17-9-10-19(25-24-17)22-16-6-4-3-5-15(16)12-21/h3-11H,1-2H3,(H,22,25)(H,23,26). The summed E-state index contributed by atoms with van der Waals surface area (Å²) in [4.78, 5) is 12.4. The Hall–Kier alpha value is -3.72. The number of anilines is 3. The summed E-state index contributed by atoms with van der Waals surface area (Å²) in [6, 6.07) is 18.3. The molecule has 0 unspecified atom stereocenters. The molecule has 2 N–H and O–H groups in total. The Morgan fingerprint density at radius 2 is 1.81 bits per heavy atom. The van der Waals surface area contributed by atoms with Crippen LogP contribution < -0.4 is 10.6 Å². The topological polar surface area (TPSA) is 90.7 Å². The molecule has 6 heteroatoms. The number of aryl methyl sites for hydroxylation is 2. The molecule has 1 heterocycles. The highest BCUT2D eigenvalue weighted by atomic mass is 16.1. The van der Waals surface area contributed by atoms with Crippen LogP contribution in [0.4, 0.5) is 17.2 Å². The van der Waals surface area contributed by atoms with Crippen LogP contribution >= 0.6 is 0 Å². The number of hydrogen-bond donors (Lipinski definition) is 2. The summed E-state index contributed by atoms with van der Waals surface area (Å²) in [6.45, 7) is 3.90. The van der Waals surface area contributed by atoms with Gasteiger partial charge in [-0.25, -0.2) is 0 Å². The molecule has 3 aromatic rings. The number of nitrogens with one attached hydrogen (secondary N) is 2. The normalized spacial score (nSPS) is 10.0. The molecule has 6 nitrogen and oxygen atoms in total. The van der Waals surface area contributed by atoms with Crippen molar-refractivity contribution in [1.29, 1.82) is 5.26 Å². The van der Waals surface area contributed by atoms with E-state index in [0.29, 0.717) is 17.1 Å². The van der Waals surface area contributed by atoms with Gasteiger partial charge in [0, 0.05) is 5.69 Å². The van der Waals surface area contributed by atoms with Crippen LogP contribution in [0.15, 0.2) is 54.6 Å². The van der Waals surface area contributed by atoms with Gasteiger partial charge < -0.3 is 10.6 Å². The van der Waals surface area contributed by atoms with Gasteiger partial charge in [-0.05, 0) is 55.3 Å². The minimum Gasteiger partial charge on any atom is -0.338 e. The zero-order chi connectivity index (χ0) is 18.5. The Morgan fingerprint density at radius 1 is 1.00 bits per heavy atom. The number of para-hydroxylation sites is 1. The molecule has 0 bridgehead atoms. The van der Waals surface area contributed by atoms with E-state index in [4.69, 9.17) is 5.26 Å². The molecule has 0 fully saturated rings. The van der Waals surface area contributed by atoms with Crippen LogP contribution in [0, 0.1) is 25.2 Å². The smallest absolute Gasteiger partial charge is 0.276 e. The van der Waals surface area contributed by atoms with Gasteiger partial charge in [0.1, 0.15) is 6.07 Å². The second-order valence-corrected chi connectivity index (χ2v) is 5.86. The first kappa shape index (κ1) is 17.1. The maximum absolute atomic E-state index is 12.4. The quantitative estimate of drug-likeness (QED) is 0.748. The number of nitrogens with zero attached hydrogens (tertiary/aromatic N) is 3. The zero-order valence-electron chi connectivity index (χ0n) is 14.4. The summed E-state index contributed by atoms with van der Waals surface area (Å²) >= 11 is 0. The lowest BCUT2D eigenvalue weighted by molar-refractivity contribution is 0.102. The van der Waals surface area contributed by atoms with Crippen LogP contribution in [0.3, 0.4) is 0 Å². The van der Waals surface area contributed by atoms with Gasteiger partial charge in [0.15, 0.2) is 11.5 Å². The first-order chi connectivity index (χ1) is 12.6. The van der Waals surface area contributed by atoms with Gasteiger partial charge in [0.2, 0.25) is 0 Å². The molecule has 0 radical (unpaired) electrons. The van der Waals surface area contributed by atoms with Gasteiger partial charge >= 0.3 is 0 Å². The summed E-state index contributed by atoms with van der Waals surface area (Å²) < 4.78 is 0. The average Bonchev–Trinajstić information content (AvgIpc) is 2.65. The predicted octanol–water partition coefficient (Wildman–Crippen LogP) is 3.96. The summed E-state index contributed by atoms with van der Waals surface area (Å²) in [7, 11) is 0. The largest absolute Gasteiger partial charge is 0.338 e. The van der Waals surface area contributed by atoms with Gasteiger partial charge in [0.25, 0.3) is 5.91 Å². The number of rotatable bonds is 4. The van der Waals surface area contributed by atoms with Gasteiger partial charge in [-0.3, -0.25) is 4.79 Å². The summed E-state index contributed by atoms with van der Waals surface area (Å²) in [6.07, 6.45) is 0. The zero-order valence-corrected chi connectivity index (χ0v) is 14.4. The van der Waals surface area contributed by atoms with E-state index in [0.717, 1.165) is 16.8 Å². The Bertz CT molecular complexity index is 990. The molecule has 0 atom stereocenters. The van der Waals surface area contributed by atoms with Crippen molar-refractivity contribution in [3.05, 3.63) is 77.0 Å². The Kier molecular flexibility index (Phi) is 4.90. The van der Waals surface area contributed by atoms with Gasteiger partial charge in [0.05, 0.1) is 11.3 Å². The molecule has 1 aromatic heterocycles. The maximum atomic E-state index is 12.4. The van der Waals surface area contributed by atoms with Crippen LogP contribution in [0.2, 0.25) is 0 Å². The fraction of sp³-hybridized carbons (Fsp3) is 0.100. The van der Waals surface area contributed by atoms with Crippen molar-refractivity contribution >= 4 is 23.1 Å². The number of carbonyl (C=O) groups is 1. The number of benzene rings is 2. The van der Waals surface area contributed by atoms with Crippen molar-refractivity contribution in [3.63, 3.8) is 0 Å². The Balaban J connectivity index is 1.74. The Labute approximate surface area is 151 Å². The molecule has 0 saturated heterocycles. The molecule has 2 aromatic carbocycles. The molecule has 1 amide bonds. The number of nitriles is 1. The fourth-order valence-electron chi connectivity index (χ4n) is 2.40. The molecule has 3 rings (SSSR count). The molecule has 128 valence electrons. The van der Waals surface area contributed by atoms with E-state index in [1.165, 1.54) is 0 Å². The third kappa shape index (κ3) is 3.84. The highest BCUT2D eigenvalue weighted by molar-refractivity contribution is 6.03. The number of carbonyl (C=O) groups excluding carboxylic acids is 1. The van der Waals surface area contributed by atoms with Crippen LogP contribution in [0.5, 0.6) is 0 Å². The Morgan fingerprint density at radius 3 is 2.54 bits per heavy atom. The number of amides is 1. The lowest BCUT2D eigenvalue weighted by Crippen LogP contribution is -2.15. The van der Waals surface area contributed by atoms with Crippen molar-refractivity contribution in [2.45, 2.75) is 13.8 Å². The molecular weight excluding hydrogens is 326 g/mol. The van der Waals surface area contributed by atoms with E-state index in [1.807, 2.05) is 38.1 Å². The lowest BCUT2D eigenvalue weighted by Gasteiger charge is -2.09. The third-order valence-electron chi connectivity index (χ3n) is 3.85. The highest BCUT2D eigenvalue weighted by Gasteiger charge is 2.11. The van der Waals surface area contributed by atoms with Crippen molar-refractivity contribution < 1.29 is 4.79 Å². The van der Waals surface area contributed by atoms with E-state index < -0.39 is 0 Å². The van der Waals surface area contributed by atoms with E-state index in [-0.39, 0.29) is 11.6 Å². The lowest BCUT2D eigenvalue weighted by atomic mass is 10.1. The van der Waals surface area contributed by atoms with Crippen molar-refractivity contribution in [2.24, 2.45) is 0 Å². The maximum Gasteiger partial charge on any atom is 0.276 e. The van der Waals surface area contributed by atoms with E-state index in [1.54, 1.807) is 30.3 Å². The molecule has 0 spiro atoms. The molecule has 26 heavy (non-hydrogen) atoms. The third-order valence-corrected chi connectivity index (χ3v) is 3.85. The van der Waals surface area contributed by atoms with Crippen LogP contribution in [0.25, 0.3) is 0 Å². The first-order valence-corrected chi connectivity index (χ1v) is 8.05. The summed E-state index contributed by atoms with van der Waals surface area (Å²) in [5.74, 6) is 0.131. The minimum atomic E-state index is -0.324. The van der Waals surface area contributed by atoms with Gasteiger partial charge in [-0.15, -0.1) is 10.2 Å². The fourth-order valence-corrected chi connectivity index (χ4v) is 2.40. The minimum absolute atomic E-state index is 0.213. The number of hydrogen-bond acceptors (Lipinski definition) is 5. The first-order valence-electron chi connectivity index (χ1n) is 8.05. The second kappa shape index (κ2) is 7.45. The summed E-state index contributed by atoms with van der Waals surface area (Å²) in [5.41, 5.74) is 4.14. The van der Waals surface area contributed by atoms with Crippen LogP contribution in [0.1, 0.15) is 27.2 Å². The number of aromatic nitrogens is 2.